The van der Waals surface area contributed by atoms with E-state index in [1.165, 1.54) is 17.7 Å². The zero-order chi connectivity index (χ0) is 23.8. The van der Waals surface area contributed by atoms with E-state index < -0.39 is 22.0 Å². The minimum Gasteiger partial charge on any atom is -0.325 e. The number of carbonyl (C=O) groups is 1. The maximum absolute atomic E-state index is 13.2. The predicted molar refractivity (Wildman–Crippen MR) is 134 cm³/mol. The number of hydrogen-bond donors (Lipinski definition) is 2. The van der Waals surface area contributed by atoms with Crippen LogP contribution in [0, 0.1) is 6.07 Å². The van der Waals surface area contributed by atoms with Crippen LogP contribution in [0.1, 0.15) is 16.7 Å². The molecule has 0 fully saturated rings. The maximum atomic E-state index is 13.2. The molecule has 1 amide bonds. The zero-order valence-electron chi connectivity index (χ0n) is 18.5. The predicted octanol–water partition coefficient (Wildman–Crippen LogP) is 4.61. The summed E-state index contributed by atoms with van der Waals surface area (Å²) in [6.07, 6.45) is 0.936. The molecule has 0 bridgehead atoms. The Balaban J connectivity index is 1.54. The highest BCUT2D eigenvalue weighted by Crippen LogP contribution is 2.17. The van der Waals surface area contributed by atoms with Gasteiger partial charge in [0, 0.05) is 5.69 Å². The smallest absolute Gasteiger partial charge is 0.242 e. The number of anilines is 1. The third-order valence-electron chi connectivity index (χ3n) is 5.34. The van der Waals surface area contributed by atoms with Gasteiger partial charge in [-0.2, -0.15) is 4.72 Å². The lowest BCUT2D eigenvalue weighted by atomic mass is 10.0. The summed E-state index contributed by atoms with van der Waals surface area (Å²) in [7, 11) is -3.88. The standard InChI is InChI=1S/C28H25N2O3S/c31-28(29-25-16-10-15-24(20-25)19-22-11-4-1-5-12-22)27(21-23-13-6-2-7-14-23)30-34(32,33)26-17-8-3-9-18-26/h1,3-18,20,27,30H,19,21H2,(H,29,31). The van der Waals surface area contributed by atoms with Crippen LogP contribution in [0.3, 0.4) is 0 Å². The quantitative estimate of drug-likeness (QED) is 0.376. The van der Waals surface area contributed by atoms with Crippen molar-refractivity contribution in [2.45, 2.75) is 23.8 Å². The average Bonchev–Trinajstić information content (AvgIpc) is 2.85. The molecule has 0 aliphatic heterocycles. The first-order chi connectivity index (χ1) is 16.5. The highest BCUT2D eigenvalue weighted by atomic mass is 32.2. The van der Waals surface area contributed by atoms with Gasteiger partial charge in [-0.05, 0) is 59.9 Å². The fourth-order valence-corrected chi connectivity index (χ4v) is 4.87. The Bertz CT molecular complexity index is 1330. The topological polar surface area (TPSA) is 75.3 Å². The summed E-state index contributed by atoms with van der Waals surface area (Å²) in [5.74, 6) is -0.427. The van der Waals surface area contributed by atoms with Crippen molar-refractivity contribution in [2.24, 2.45) is 0 Å². The zero-order valence-corrected chi connectivity index (χ0v) is 19.3. The van der Waals surface area contributed by atoms with E-state index in [0.29, 0.717) is 5.69 Å². The molecule has 2 N–H and O–H groups in total. The molecule has 1 unspecified atom stereocenters. The van der Waals surface area contributed by atoms with Crippen molar-refractivity contribution in [3.05, 3.63) is 132 Å². The minimum absolute atomic E-state index is 0.110. The van der Waals surface area contributed by atoms with Crippen molar-refractivity contribution in [1.82, 2.24) is 4.72 Å². The minimum atomic E-state index is -3.88. The lowest BCUT2D eigenvalue weighted by molar-refractivity contribution is -0.117. The third-order valence-corrected chi connectivity index (χ3v) is 6.83. The van der Waals surface area contributed by atoms with E-state index in [9.17, 15) is 13.2 Å². The van der Waals surface area contributed by atoms with E-state index in [4.69, 9.17) is 0 Å². The molecule has 0 spiro atoms. The van der Waals surface area contributed by atoms with Crippen molar-refractivity contribution in [2.75, 3.05) is 5.32 Å². The largest absolute Gasteiger partial charge is 0.325 e. The molecule has 4 aromatic carbocycles. The molecule has 171 valence electrons. The molecule has 0 saturated heterocycles. The van der Waals surface area contributed by atoms with Gasteiger partial charge >= 0.3 is 0 Å². The number of hydrogen-bond acceptors (Lipinski definition) is 3. The van der Waals surface area contributed by atoms with E-state index in [1.54, 1.807) is 36.4 Å². The molecular formula is C28H25N2O3S. The lowest BCUT2D eigenvalue weighted by Gasteiger charge is -2.19. The molecular weight excluding hydrogens is 444 g/mol. The van der Waals surface area contributed by atoms with E-state index >= 15 is 0 Å². The van der Waals surface area contributed by atoms with Crippen molar-refractivity contribution in [1.29, 1.82) is 0 Å². The first-order valence-corrected chi connectivity index (χ1v) is 12.4. The number of amides is 1. The Labute approximate surface area is 200 Å². The van der Waals surface area contributed by atoms with Crippen LogP contribution < -0.4 is 10.0 Å². The van der Waals surface area contributed by atoms with Crippen molar-refractivity contribution < 1.29 is 13.2 Å². The SMILES string of the molecule is O=C(Nc1cccc(Cc2ccccc2)c1)C(Cc1cc[c]cc1)NS(=O)(=O)c1ccccc1. The van der Waals surface area contributed by atoms with Crippen molar-refractivity contribution in [3.63, 3.8) is 0 Å². The van der Waals surface area contributed by atoms with Gasteiger partial charge in [-0.15, -0.1) is 0 Å². The van der Waals surface area contributed by atoms with Crippen LogP contribution in [0.5, 0.6) is 0 Å². The fraction of sp³-hybridized carbons (Fsp3) is 0.107. The van der Waals surface area contributed by atoms with Gasteiger partial charge in [-0.3, -0.25) is 4.79 Å². The number of rotatable bonds is 9. The average molecular weight is 470 g/mol. The van der Waals surface area contributed by atoms with Gasteiger partial charge < -0.3 is 5.32 Å². The van der Waals surface area contributed by atoms with Gasteiger partial charge in [-0.1, -0.05) is 84.9 Å². The molecule has 34 heavy (non-hydrogen) atoms. The fourth-order valence-electron chi connectivity index (χ4n) is 3.66. The molecule has 5 nitrogen and oxygen atoms in total. The summed E-state index contributed by atoms with van der Waals surface area (Å²) in [6, 6.07) is 34.7. The molecule has 0 aliphatic carbocycles. The number of carbonyl (C=O) groups excluding carboxylic acids is 1. The van der Waals surface area contributed by atoms with E-state index in [1.807, 2.05) is 48.5 Å². The molecule has 0 aromatic heterocycles. The van der Waals surface area contributed by atoms with Crippen LogP contribution >= 0.6 is 0 Å². The van der Waals surface area contributed by atoms with E-state index in [0.717, 1.165) is 17.5 Å². The van der Waals surface area contributed by atoms with E-state index in [-0.39, 0.29) is 11.3 Å². The first-order valence-electron chi connectivity index (χ1n) is 11.0. The van der Waals surface area contributed by atoms with Crippen LogP contribution in [0.2, 0.25) is 0 Å². The summed E-state index contributed by atoms with van der Waals surface area (Å²) in [5.41, 5.74) is 3.65. The molecule has 1 radical (unpaired) electrons. The third kappa shape index (κ3) is 6.41. The Morgan fingerprint density at radius 1 is 0.765 bits per heavy atom. The van der Waals surface area contributed by atoms with Crippen LogP contribution in [0.15, 0.2) is 114 Å². The van der Waals surface area contributed by atoms with Gasteiger partial charge in [0.2, 0.25) is 15.9 Å². The molecule has 6 heteroatoms. The summed E-state index contributed by atoms with van der Waals surface area (Å²) in [4.78, 5) is 13.4. The molecule has 0 aliphatic rings. The molecule has 1 atom stereocenters. The van der Waals surface area contributed by atoms with Crippen molar-refractivity contribution >= 4 is 21.6 Å². The Kier molecular flexibility index (Phi) is 7.52. The normalized spacial score (nSPS) is 12.1. The monoisotopic (exact) mass is 469 g/mol. The highest BCUT2D eigenvalue weighted by Gasteiger charge is 2.26. The van der Waals surface area contributed by atoms with Gasteiger partial charge in [-0.25, -0.2) is 8.42 Å². The van der Waals surface area contributed by atoms with E-state index in [2.05, 4.69) is 28.2 Å². The summed E-state index contributed by atoms with van der Waals surface area (Å²) >= 11 is 0. The van der Waals surface area contributed by atoms with Gasteiger partial charge in [0.1, 0.15) is 6.04 Å². The van der Waals surface area contributed by atoms with Crippen LogP contribution in [-0.4, -0.2) is 20.4 Å². The second-order valence-electron chi connectivity index (χ2n) is 7.95. The molecule has 4 aromatic rings. The Hall–Kier alpha value is -3.74. The summed E-state index contributed by atoms with van der Waals surface area (Å²) in [6.45, 7) is 0. The first kappa shape index (κ1) is 23.4. The summed E-state index contributed by atoms with van der Waals surface area (Å²) in [5, 5.41) is 2.89. The van der Waals surface area contributed by atoms with Gasteiger partial charge in [0.15, 0.2) is 0 Å². The number of sulfonamides is 1. The Morgan fingerprint density at radius 3 is 2.12 bits per heavy atom. The summed E-state index contributed by atoms with van der Waals surface area (Å²) < 4.78 is 28.5. The number of benzene rings is 4. The molecule has 0 heterocycles. The van der Waals surface area contributed by atoms with Gasteiger partial charge in [0.25, 0.3) is 0 Å². The van der Waals surface area contributed by atoms with Crippen LogP contribution in [-0.2, 0) is 27.7 Å². The van der Waals surface area contributed by atoms with Crippen LogP contribution in [0.25, 0.3) is 0 Å². The highest BCUT2D eigenvalue weighted by molar-refractivity contribution is 7.89. The molecule has 0 saturated carbocycles. The molecule has 4 rings (SSSR count). The van der Waals surface area contributed by atoms with Gasteiger partial charge in [0.05, 0.1) is 4.90 Å². The maximum Gasteiger partial charge on any atom is 0.242 e. The second kappa shape index (κ2) is 10.9. The second-order valence-corrected chi connectivity index (χ2v) is 9.67. The number of nitrogens with one attached hydrogen (secondary N) is 2. The van der Waals surface area contributed by atoms with Crippen molar-refractivity contribution in [3.8, 4) is 0 Å². The van der Waals surface area contributed by atoms with Crippen LogP contribution in [0.4, 0.5) is 5.69 Å². The Morgan fingerprint density at radius 2 is 1.41 bits per heavy atom. The lowest BCUT2D eigenvalue weighted by Crippen LogP contribution is -2.45.